The van der Waals surface area contributed by atoms with Crippen molar-refractivity contribution in [2.24, 2.45) is 5.92 Å². The summed E-state index contributed by atoms with van der Waals surface area (Å²) in [6.07, 6.45) is 12.6. The number of rotatable bonds is 11. The van der Waals surface area contributed by atoms with Gasteiger partial charge < -0.3 is 9.47 Å². The molecule has 37 heavy (non-hydrogen) atoms. The van der Waals surface area contributed by atoms with Gasteiger partial charge in [0, 0.05) is 5.56 Å². The van der Waals surface area contributed by atoms with Crippen LogP contribution in [-0.2, 0) is 11.3 Å². The van der Waals surface area contributed by atoms with Gasteiger partial charge in [-0.25, -0.2) is 13.2 Å². The van der Waals surface area contributed by atoms with Gasteiger partial charge in [-0.2, -0.15) is 0 Å². The maximum atomic E-state index is 15.0. The highest BCUT2D eigenvalue weighted by Gasteiger charge is 2.27. The number of ether oxygens (including phenoxy) is 2. The summed E-state index contributed by atoms with van der Waals surface area (Å²) in [6, 6.07) is 8.73. The number of hydrogen-bond acceptors (Lipinski definition) is 2. The van der Waals surface area contributed by atoms with Crippen molar-refractivity contribution < 1.29 is 22.6 Å². The summed E-state index contributed by atoms with van der Waals surface area (Å²) in [5, 5.41) is 0. The van der Waals surface area contributed by atoms with Crippen LogP contribution in [0.1, 0.15) is 119 Å². The molecule has 2 aromatic rings. The molecule has 0 aromatic heterocycles. The molecule has 204 valence electrons. The highest BCUT2D eigenvalue weighted by molar-refractivity contribution is 5.32. The molecule has 0 bridgehead atoms. The van der Waals surface area contributed by atoms with Crippen molar-refractivity contribution >= 4 is 0 Å². The lowest BCUT2D eigenvalue weighted by atomic mass is 9.76. The molecule has 0 heterocycles. The van der Waals surface area contributed by atoms with Crippen LogP contribution < -0.4 is 4.74 Å². The van der Waals surface area contributed by atoms with Gasteiger partial charge in [-0.05, 0) is 99.3 Å². The summed E-state index contributed by atoms with van der Waals surface area (Å²) >= 11 is 0. The third-order valence-corrected chi connectivity index (χ3v) is 8.57. The average Bonchev–Trinajstić information content (AvgIpc) is 2.92. The summed E-state index contributed by atoms with van der Waals surface area (Å²) in [5.74, 6) is -0.322. The zero-order valence-electron chi connectivity index (χ0n) is 22.5. The normalized spacial score (nSPS) is 24.2. The summed E-state index contributed by atoms with van der Waals surface area (Å²) in [7, 11) is 0. The Balaban J connectivity index is 1.25. The molecule has 2 aliphatic carbocycles. The van der Waals surface area contributed by atoms with Crippen LogP contribution in [0, 0.1) is 23.4 Å². The number of benzene rings is 2. The number of hydrogen-bond donors (Lipinski definition) is 0. The zero-order chi connectivity index (χ0) is 26.2. The molecular weight excluding hydrogens is 473 g/mol. The third kappa shape index (κ3) is 7.31. The summed E-state index contributed by atoms with van der Waals surface area (Å²) in [6.45, 7) is 4.58. The lowest BCUT2D eigenvalue weighted by molar-refractivity contribution is 0.0118. The van der Waals surface area contributed by atoms with Gasteiger partial charge >= 0.3 is 0 Å². The SMILES string of the molecule is CCCCCC1CCC(c2ccc(COC3CCC(c4ccc(OCC)c(F)c4)CC3)c(F)c2F)CC1. The molecule has 5 heteroatoms. The summed E-state index contributed by atoms with van der Waals surface area (Å²) < 4.78 is 55.6. The van der Waals surface area contributed by atoms with Crippen LogP contribution in [0.5, 0.6) is 5.75 Å². The molecule has 0 amide bonds. The van der Waals surface area contributed by atoms with E-state index in [-0.39, 0.29) is 30.4 Å². The Kier molecular flexibility index (Phi) is 10.4. The second-order valence-electron chi connectivity index (χ2n) is 11.1. The molecule has 2 aliphatic rings. The Labute approximate surface area is 220 Å². The van der Waals surface area contributed by atoms with Gasteiger partial charge in [-0.1, -0.05) is 50.8 Å². The van der Waals surface area contributed by atoms with Crippen LogP contribution >= 0.6 is 0 Å². The van der Waals surface area contributed by atoms with E-state index in [1.165, 1.54) is 25.7 Å². The van der Waals surface area contributed by atoms with E-state index in [0.29, 0.717) is 23.5 Å². The topological polar surface area (TPSA) is 18.5 Å². The highest BCUT2D eigenvalue weighted by Crippen LogP contribution is 2.40. The first-order valence-electron chi connectivity index (χ1n) is 14.5. The van der Waals surface area contributed by atoms with Crippen LogP contribution in [-0.4, -0.2) is 12.7 Å². The van der Waals surface area contributed by atoms with Crippen molar-refractivity contribution in [3.63, 3.8) is 0 Å². The van der Waals surface area contributed by atoms with Gasteiger partial charge in [0.1, 0.15) is 0 Å². The molecule has 0 aliphatic heterocycles. The Bertz CT molecular complexity index is 992. The fraction of sp³-hybridized carbons (Fsp3) is 0.625. The molecule has 0 N–H and O–H groups in total. The van der Waals surface area contributed by atoms with E-state index in [2.05, 4.69) is 6.92 Å². The van der Waals surface area contributed by atoms with E-state index in [0.717, 1.165) is 62.8 Å². The van der Waals surface area contributed by atoms with Gasteiger partial charge in [0.05, 0.1) is 19.3 Å². The van der Waals surface area contributed by atoms with Crippen molar-refractivity contribution in [1.29, 1.82) is 0 Å². The molecule has 0 unspecified atom stereocenters. The Hall–Kier alpha value is -2.01. The van der Waals surface area contributed by atoms with Gasteiger partial charge in [0.15, 0.2) is 23.2 Å². The first-order valence-corrected chi connectivity index (χ1v) is 14.5. The van der Waals surface area contributed by atoms with E-state index < -0.39 is 11.6 Å². The predicted molar refractivity (Wildman–Crippen MR) is 143 cm³/mol. The van der Waals surface area contributed by atoms with Crippen LogP contribution in [0.25, 0.3) is 0 Å². The largest absolute Gasteiger partial charge is 0.491 e. The first-order chi connectivity index (χ1) is 18.0. The van der Waals surface area contributed by atoms with Crippen molar-refractivity contribution in [2.75, 3.05) is 6.61 Å². The standard InChI is InChI=1S/C32H43F3O2/c1-3-5-6-7-22-8-10-24(11-9-22)28-18-14-26(31(34)32(28)35)21-37-27-16-12-23(13-17-27)25-15-19-30(36-4-2)29(33)20-25/h14-15,18-20,22-24,27H,3-13,16-17,21H2,1-2H3. The first kappa shape index (κ1) is 28.0. The molecule has 0 spiro atoms. The second-order valence-corrected chi connectivity index (χ2v) is 11.1. The lowest BCUT2D eigenvalue weighted by Gasteiger charge is -2.30. The van der Waals surface area contributed by atoms with Crippen molar-refractivity contribution in [3.8, 4) is 5.75 Å². The van der Waals surface area contributed by atoms with Gasteiger partial charge in [-0.3, -0.25) is 0 Å². The van der Waals surface area contributed by atoms with Crippen molar-refractivity contribution in [2.45, 2.75) is 115 Å². The fourth-order valence-corrected chi connectivity index (χ4v) is 6.29. The van der Waals surface area contributed by atoms with Gasteiger partial charge in [0.25, 0.3) is 0 Å². The molecule has 2 nitrogen and oxygen atoms in total. The summed E-state index contributed by atoms with van der Waals surface area (Å²) in [5.41, 5.74) is 1.82. The number of unbranched alkanes of at least 4 members (excludes halogenated alkanes) is 2. The fourth-order valence-electron chi connectivity index (χ4n) is 6.29. The van der Waals surface area contributed by atoms with E-state index >= 15 is 4.39 Å². The minimum atomic E-state index is -0.749. The highest BCUT2D eigenvalue weighted by atomic mass is 19.2. The minimum absolute atomic E-state index is 0.00826. The molecule has 0 atom stereocenters. The quantitative estimate of drug-likeness (QED) is 0.277. The second kappa shape index (κ2) is 13.7. The smallest absolute Gasteiger partial charge is 0.165 e. The third-order valence-electron chi connectivity index (χ3n) is 8.57. The zero-order valence-corrected chi connectivity index (χ0v) is 22.5. The minimum Gasteiger partial charge on any atom is -0.491 e. The molecule has 2 fully saturated rings. The van der Waals surface area contributed by atoms with Crippen LogP contribution in [0.2, 0.25) is 0 Å². The molecule has 4 rings (SSSR count). The molecule has 0 saturated heterocycles. The maximum absolute atomic E-state index is 15.0. The van der Waals surface area contributed by atoms with E-state index in [1.807, 2.05) is 13.0 Å². The lowest BCUT2D eigenvalue weighted by Crippen LogP contribution is -2.21. The Morgan fingerprint density at radius 1 is 0.784 bits per heavy atom. The van der Waals surface area contributed by atoms with E-state index in [1.54, 1.807) is 24.3 Å². The molecule has 2 saturated carbocycles. The van der Waals surface area contributed by atoms with Crippen LogP contribution in [0.3, 0.4) is 0 Å². The molecular formula is C32H43F3O2. The van der Waals surface area contributed by atoms with Gasteiger partial charge in [0.2, 0.25) is 0 Å². The van der Waals surface area contributed by atoms with Crippen molar-refractivity contribution in [1.82, 2.24) is 0 Å². The van der Waals surface area contributed by atoms with Crippen LogP contribution in [0.4, 0.5) is 13.2 Å². The number of halogens is 3. The Morgan fingerprint density at radius 2 is 1.51 bits per heavy atom. The molecule has 2 aromatic carbocycles. The maximum Gasteiger partial charge on any atom is 0.165 e. The molecule has 0 radical (unpaired) electrons. The summed E-state index contributed by atoms with van der Waals surface area (Å²) in [4.78, 5) is 0. The van der Waals surface area contributed by atoms with Crippen molar-refractivity contribution in [3.05, 3.63) is 64.5 Å². The predicted octanol–water partition coefficient (Wildman–Crippen LogP) is 9.60. The average molecular weight is 517 g/mol. The Morgan fingerprint density at radius 3 is 2.19 bits per heavy atom. The monoisotopic (exact) mass is 516 g/mol. The van der Waals surface area contributed by atoms with Gasteiger partial charge in [-0.15, -0.1) is 0 Å². The van der Waals surface area contributed by atoms with E-state index in [4.69, 9.17) is 9.47 Å². The van der Waals surface area contributed by atoms with Crippen LogP contribution in [0.15, 0.2) is 30.3 Å². The van der Waals surface area contributed by atoms with E-state index in [9.17, 15) is 8.78 Å².